The van der Waals surface area contributed by atoms with Crippen LogP contribution in [0.25, 0.3) is 0 Å². The molecule has 0 saturated heterocycles. The molecule has 20 heavy (non-hydrogen) atoms. The molecule has 0 aliphatic carbocycles. The van der Waals surface area contributed by atoms with Crippen LogP contribution in [-0.4, -0.2) is 32.3 Å². The summed E-state index contributed by atoms with van der Waals surface area (Å²) in [6.07, 6.45) is 0. The van der Waals surface area contributed by atoms with E-state index in [1.54, 1.807) is 6.92 Å². The molecule has 0 atom stereocenters. The topological polar surface area (TPSA) is 47.6 Å². The van der Waals surface area contributed by atoms with Gasteiger partial charge in [0.2, 0.25) is 0 Å². The van der Waals surface area contributed by atoms with Gasteiger partial charge in [0.15, 0.2) is 0 Å². The summed E-state index contributed by atoms with van der Waals surface area (Å²) < 4.78 is 10.2. The van der Waals surface area contributed by atoms with E-state index < -0.39 is 0 Å². The van der Waals surface area contributed by atoms with E-state index in [4.69, 9.17) is 9.47 Å². The molecule has 0 heterocycles. The van der Waals surface area contributed by atoms with Gasteiger partial charge in [-0.1, -0.05) is 44.2 Å². The van der Waals surface area contributed by atoms with Gasteiger partial charge in [0, 0.05) is 18.5 Å². The van der Waals surface area contributed by atoms with Crippen molar-refractivity contribution in [3.8, 4) is 0 Å². The lowest BCUT2D eigenvalue weighted by atomic mass is 9.95. The van der Waals surface area contributed by atoms with Crippen LogP contribution in [0.5, 0.6) is 0 Å². The van der Waals surface area contributed by atoms with Crippen molar-refractivity contribution < 1.29 is 14.3 Å². The third kappa shape index (κ3) is 7.26. The first-order valence-corrected chi connectivity index (χ1v) is 7.01. The Kier molecular flexibility index (Phi) is 7.26. The second kappa shape index (κ2) is 8.72. The molecule has 0 saturated carbocycles. The van der Waals surface area contributed by atoms with Crippen molar-refractivity contribution in [1.29, 1.82) is 0 Å². The van der Waals surface area contributed by atoms with Crippen LogP contribution in [0, 0.1) is 5.41 Å². The maximum Gasteiger partial charge on any atom is 0.332 e. The van der Waals surface area contributed by atoms with Gasteiger partial charge in [-0.25, -0.2) is 4.79 Å². The molecule has 0 bridgehead atoms. The number of nitrogens with one attached hydrogen (secondary N) is 1. The summed E-state index contributed by atoms with van der Waals surface area (Å²) >= 11 is 0. The summed E-state index contributed by atoms with van der Waals surface area (Å²) in [6, 6.07) is 10.3. The molecule has 0 amide bonds. The molecule has 0 unspecified atom stereocenters. The molecule has 4 heteroatoms. The number of ether oxygens (including phenoxy) is 2. The number of hydrogen-bond acceptors (Lipinski definition) is 4. The molecular formula is C16H25NO3. The molecule has 0 spiro atoms. The van der Waals surface area contributed by atoms with Gasteiger partial charge in [-0.2, -0.15) is 0 Å². The maximum absolute atomic E-state index is 11.2. The lowest BCUT2D eigenvalue weighted by Crippen LogP contribution is -2.33. The van der Waals surface area contributed by atoms with E-state index in [1.807, 2.05) is 18.2 Å². The third-order valence-corrected chi connectivity index (χ3v) is 2.79. The number of hydrogen-bond donors (Lipinski definition) is 1. The fourth-order valence-corrected chi connectivity index (χ4v) is 1.81. The van der Waals surface area contributed by atoms with Crippen molar-refractivity contribution in [3.63, 3.8) is 0 Å². The number of carbonyl (C=O) groups is 1. The highest BCUT2D eigenvalue weighted by Gasteiger charge is 2.18. The van der Waals surface area contributed by atoms with Crippen LogP contribution in [-0.2, 0) is 20.8 Å². The number of esters is 1. The van der Waals surface area contributed by atoms with Crippen molar-refractivity contribution in [2.24, 2.45) is 5.41 Å². The molecule has 0 aromatic heterocycles. The van der Waals surface area contributed by atoms with Crippen molar-refractivity contribution in [3.05, 3.63) is 35.9 Å². The fraction of sp³-hybridized carbons (Fsp3) is 0.562. The largest absolute Gasteiger partial charge is 0.464 e. The Morgan fingerprint density at radius 2 is 1.95 bits per heavy atom. The van der Waals surface area contributed by atoms with E-state index in [0.717, 1.165) is 13.1 Å². The molecule has 1 aromatic carbocycles. The molecule has 1 N–H and O–H groups in total. The summed E-state index contributed by atoms with van der Waals surface area (Å²) in [5.41, 5.74) is 1.23. The van der Waals surface area contributed by atoms with E-state index in [2.05, 4.69) is 31.3 Å². The Morgan fingerprint density at radius 3 is 2.60 bits per heavy atom. The van der Waals surface area contributed by atoms with E-state index in [1.165, 1.54) is 5.56 Å². The van der Waals surface area contributed by atoms with Crippen LogP contribution in [0.15, 0.2) is 30.3 Å². The van der Waals surface area contributed by atoms with Crippen LogP contribution < -0.4 is 5.32 Å². The van der Waals surface area contributed by atoms with Gasteiger partial charge in [0.05, 0.1) is 13.2 Å². The summed E-state index contributed by atoms with van der Waals surface area (Å²) in [7, 11) is 0. The van der Waals surface area contributed by atoms with Gasteiger partial charge in [-0.05, 0) is 12.5 Å². The van der Waals surface area contributed by atoms with Gasteiger partial charge >= 0.3 is 5.97 Å². The Hall–Kier alpha value is -1.39. The number of carbonyl (C=O) groups excluding carboxylic acids is 1. The Bertz CT molecular complexity index is 390. The predicted molar refractivity (Wildman–Crippen MR) is 79.4 cm³/mol. The lowest BCUT2D eigenvalue weighted by Gasteiger charge is -2.24. The van der Waals surface area contributed by atoms with Crippen molar-refractivity contribution in [2.45, 2.75) is 27.3 Å². The molecule has 1 aromatic rings. The number of benzene rings is 1. The van der Waals surface area contributed by atoms with Gasteiger partial charge in [-0.15, -0.1) is 0 Å². The SMILES string of the molecule is CCOC(=O)COCC(C)(C)CNCc1ccccc1. The zero-order chi connectivity index (χ0) is 14.8. The van der Waals surface area contributed by atoms with Gasteiger partial charge < -0.3 is 14.8 Å². The molecule has 0 aliphatic rings. The van der Waals surface area contributed by atoms with Crippen molar-refractivity contribution >= 4 is 5.97 Å². The third-order valence-electron chi connectivity index (χ3n) is 2.79. The van der Waals surface area contributed by atoms with Crippen LogP contribution >= 0.6 is 0 Å². The smallest absolute Gasteiger partial charge is 0.332 e. The average Bonchev–Trinajstić information content (AvgIpc) is 2.40. The Morgan fingerprint density at radius 1 is 1.25 bits per heavy atom. The van der Waals surface area contributed by atoms with Gasteiger partial charge in [0.25, 0.3) is 0 Å². The van der Waals surface area contributed by atoms with Crippen LogP contribution in [0.1, 0.15) is 26.3 Å². The van der Waals surface area contributed by atoms with Crippen LogP contribution in [0.4, 0.5) is 0 Å². The van der Waals surface area contributed by atoms with E-state index in [9.17, 15) is 4.79 Å². The highest BCUT2D eigenvalue weighted by Crippen LogP contribution is 2.14. The molecule has 0 radical (unpaired) electrons. The summed E-state index contributed by atoms with van der Waals surface area (Å²) in [4.78, 5) is 11.2. The first-order valence-electron chi connectivity index (χ1n) is 7.01. The van der Waals surface area contributed by atoms with E-state index in [-0.39, 0.29) is 18.0 Å². The number of rotatable bonds is 9. The highest BCUT2D eigenvalue weighted by molar-refractivity contribution is 5.70. The standard InChI is InChI=1S/C16H25NO3/c1-4-20-15(18)11-19-13-16(2,3)12-17-10-14-8-6-5-7-9-14/h5-9,17H,4,10-13H2,1-3H3. The molecule has 0 aliphatic heterocycles. The lowest BCUT2D eigenvalue weighted by molar-refractivity contribution is -0.149. The molecule has 112 valence electrons. The second-order valence-corrected chi connectivity index (χ2v) is 5.55. The zero-order valence-electron chi connectivity index (χ0n) is 12.6. The summed E-state index contributed by atoms with van der Waals surface area (Å²) in [5.74, 6) is -0.305. The molecule has 0 fully saturated rings. The maximum atomic E-state index is 11.2. The second-order valence-electron chi connectivity index (χ2n) is 5.55. The predicted octanol–water partition coefficient (Wildman–Crippen LogP) is 2.38. The minimum atomic E-state index is -0.305. The van der Waals surface area contributed by atoms with Crippen LogP contribution in [0.2, 0.25) is 0 Å². The minimum Gasteiger partial charge on any atom is -0.464 e. The molecular weight excluding hydrogens is 254 g/mol. The first-order chi connectivity index (χ1) is 9.53. The van der Waals surface area contributed by atoms with Crippen LogP contribution in [0.3, 0.4) is 0 Å². The quantitative estimate of drug-likeness (QED) is 0.705. The Labute approximate surface area is 121 Å². The summed E-state index contributed by atoms with van der Waals surface area (Å²) in [5, 5.41) is 3.41. The minimum absolute atomic E-state index is 0.0238. The van der Waals surface area contributed by atoms with Crippen molar-refractivity contribution in [2.75, 3.05) is 26.4 Å². The normalized spacial score (nSPS) is 11.3. The zero-order valence-corrected chi connectivity index (χ0v) is 12.6. The summed E-state index contributed by atoms with van der Waals surface area (Å²) in [6.45, 7) is 8.60. The Balaban J connectivity index is 2.19. The van der Waals surface area contributed by atoms with Gasteiger partial charge in [-0.3, -0.25) is 0 Å². The fourth-order valence-electron chi connectivity index (χ4n) is 1.81. The molecule has 4 nitrogen and oxygen atoms in total. The van der Waals surface area contributed by atoms with E-state index >= 15 is 0 Å². The first kappa shape index (κ1) is 16.7. The highest BCUT2D eigenvalue weighted by atomic mass is 16.6. The van der Waals surface area contributed by atoms with E-state index in [0.29, 0.717) is 13.2 Å². The van der Waals surface area contributed by atoms with Crippen molar-refractivity contribution in [1.82, 2.24) is 5.32 Å². The average molecular weight is 279 g/mol. The molecule has 1 rings (SSSR count). The monoisotopic (exact) mass is 279 g/mol. The van der Waals surface area contributed by atoms with Gasteiger partial charge in [0.1, 0.15) is 6.61 Å².